The second-order valence-electron chi connectivity index (χ2n) is 6.57. The molecule has 0 atom stereocenters. The third kappa shape index (κ3) is 2.80. The number of aryl methyl sites for hydroxylation is 1. The number of para-hydroxylation sites is 1. The summed E-state index contributed by atoms with van der Waals surface area (Å²) in [5.74, 6) is 0.593. The number of likely N-dealkylation sites (tertiary alicyclic amines) is 1. The lowest BCUT2D eigenvalue weighted by molar-refractivity contribution is 0.0712. The van der Waals surface area contributed by atoms with Crippen molar-refractivity contribution in [2.45, 2.75) is 25.7 Å². The minimum Gasteiger partial charge on any atom is -0.358 e. The Balaban J connectivity index is 1.44. The van der Waals surface area contributed by atoms with Crippen LogP contribution < -0.4 is 0 Å². The quantitative estimate of drug-likeness (QED) is 0.779. The smallest absolute Gasteiger partial charge is 0.255 e. The Kier molecular flexibility index (Phi) is 3.81. The number of nitrogens with one attached hydrogen (secondary N) is 1. The minimum absolute atomic E-state index is 0.0950. The Morgan fingerprint density at radius 2 is 1.96 bits per heavy atom. The lowest BCUT2D eigenvalue weighted by atomic mass is 9.93. The zero-order valence-electron chi connectivity index (χ0n) is 13.8. The van der Waals surface area contributed by atoms with Crippen LogP contribution in [0.5, 0.6) is 0 Å². The summed E-state index contributed by atoms with van der Waals surface area (Å²) in [4.78, 5) is 22.3. The number of fused-ring (bicyclic) bond motifs is 1. The highest BCUT2D eigenvalue weighted by atomic mass is 16.2. The van der Waals surface area contributed by atoms with E-state index in [-0.39, 0.29) is 5.91 Å². The number of nitrogens with zero attached hydrogens (tertiary/aromatic N) is 2. The van der Waals surface area contributed by atoms with Crippen molar-refractivity contribution in [2.75, 3.05) is 13.1 Å². The number of H-pyrrole nitrogens is 1. The summed E-state index contributed by atoms with van der Waals surface area (Å²) in [5, 5.41) is 1.26. The molecule has 1 saturated heterocycles. The van der Waals surface area contributed by atoms with Gasteiger partial charge in [-0.2, -0.15) is 0 Å². The summed E-state index contributed by atoms with van der Waals surface area (Å²) in [6.45, 7) is 3.53. The monoisotopic (exact) mass is 319 g/mol. The van der Waals surface area contributed by atoms with Crippen LogP contribution in [0.15, 0.2) is 48.7 Å². The van der Waals surface area contributed by atoms with Crippen LogP contribution in [0.4, 0.5) is 0 Å². The van der Waals surface area contributed by atoms with Gasteiger partial charge in [0.1, 0.15) is 0 Å². The molecule has 122 valence electrons. The largest absolute Gasteiger partial charge is 0.358 e. The van der Waals surface area contributed by atoms with Gasteiger partial charge in [0.05, 0.1) is 5.56 Å². The molecule has 2 aromatic heterocycles. The molecule has 24 heavy (non-hydrogen) atoms. The molecule has 1 aromatic carbocycles. The summed E-state index contributed by atoms with van der Waals surface area (Å²) >= 11 is 0. The number of hydrogen-bond donors (Lipinski definition) is 1. The molecule has 1 aliphatic heterocycles. The fourth-order valence-corrected chi connectivity index (χ4v) is 3.49. The number of piperidine rings is 1. The third-order valence-electron chi connectivity index (χ3n) is 4.93. The molecular weight excluding hydrogens is 298 g/mol. The molecule has 1 aliphatic rings. The topological polar surface area (TPSA) is 49.0 Å². The molecule has 0 unspecified atom stereocenters. The Morgan fingerprint density at radius 1 is 1.17 bits per heavy atom. The van der Waals surface area contributed by atoms with Crippen LogP contribution in [0.25, 0.3) is 10.9 Å². The van der Waals surface area contributed by atoms with Gasteiger partial charge in [-0.05, 0) is 49.4 Å². The summed E-state index contributed by atoms with van der Waals surface area (Å²) in [6.07, 6.45) is 3.68. The second kappa shape index (κ2) is 6.11. The van der Waals surface area contributed by atoms with Gasteiger partial charge in [-0.1, -0.05) is 18.2 Å². The summed E-state index contributed by atoms with van der Waals surface area (Å²) in [7, 11) is 0. The van der Waals surface area contributed by atoms with Crippen molar-refractivity contribution in [1.29, 1.82) is 0 Å². The average molecular weight is 319 g/mol. The first-order valence-electron chi connectivity index (χ1n) is 8.50. The number of pyridine rings is 1. The molecule has 1 fully saturated rings. The van der Waals surface area contributed by atoms with Crippen molar-refractivity contribution in [3.05, 3.63) is 65.6 Å². The van der Waals surface area contributed by atoms with E-state index in [1.165, 1.54) is 16.6 Å². The number of amides is 1. The molecule has 0 radical (unpaired) electrons. The van der Waals surface area contributed by atoms with Gasteiger partial charge in [-0.25, -0.2) is 0 Å². The van der Waals surface area contributed by atoms with E-state index in [0.717, 1.165) is 31.6 Å². The van der Waals surface area contributed by atoms with Crippen LogP contribution in [0.2, 0.25) is 0 Å². The van der Waals surface area contributed by atoms with Crippen LogP contribution in [-0.2, 0) is 0 Å². The number of rotatable bonds is 2. The molecule has 0 spiro atoms. The van der Waals surface area contributed by atoms with Crippen LogP contribution in [0.1, 0.15) is 40.5 Å². The van der Waals surface area contributed by atoms with Gasteiger partial charge >= 0.3 is 0 Å². The highest BCUT2D eigenvalue weighted by Gasteiger charge is 2.25. The Bertz CT molecular complexity index is 825. The standard InChI is InChI=1S/C20H21N3O/c1-14-6-7-17(13-21-14)20(24)23-10-8-15(9-11-23)19-12-16-4-2-3-5-18(16)22-19/h2-7,12-13,15,22H,8-11H2,1H3. The van der Waals surface area contributed by atoms with Crippen molar-refractivity contribution in [2.24, 2.45) is 0 Å². The van der Waals surface area contributed by atoms with Gasteiger partial charge in [0, 0.05) is 42.1 Å². The number of hydrogen-bond acceptors (Lipinski definition) is 2. The second-order valence-corrected chi connectivity index (χ2v) is 6.57. The zero-order chi connectivity index (χ0) is 16.5. The Labute approximate surface area is 141 Å². The Morgan fingerprint density at radius 3 is 2.67 bits per heavy atom. The highest BCUT2D eigenvalue weighted by molar-refractivity contribution is 5.94. The molecule has 4 nitrogen and oxygen atoms in total. The number of carbonyl (C=O) groups is 1. The van der Waals surface area contributed by atoms with E-state index < -0.39 is 0 Å². The van der Waals surface area contributed by atoms with Crippen molar-refractivity contribution < 1.29 is 4.79 Å². The fourth-order valence-electron chi connectivity index (χ4n) is 3.49. The highest BCUT2D eigenvalue weighted by Crippen LogP contribution is 2.30. The predicted octanol–water partition coefficient (Wildman–Crippen LogP) is 3.89. The molecular formula is C20H21N3O. The predicted molar refractivity (Wildman–Crippen MR) is 95.2 cm³/mol. The van der Waals surface area contributed by atoms with Gasteiger partial charge in [-0.3, -0.25) is 9.78 Å². The van der Waals surface area contributed by atoms with Crippen molar-refractivity contribution in [1.82, 2.24) is 14.9 Å². The average Bonchev–Trinajstić information content (AvgIpc) is 3.06. The minimum atomic E-state index is 0.0950. The first-order chi connectivity index (χ1) is 11.7. The van der Waals surface area contributed by atoms with Gasteiger partial charge in [0.25, 0.3) is 5.91 Å². The molecule has 0 aliphatic carbocycles. The maximum Gasteiger partial charge on any atom is 0.255 e. The number of aromatic amines is 1. The SMILES string of the molecule is Cc1ccc(C(=O)N2CCC(c3cc4ccccc4[nH]3)CC2)cn1. The molecule has 1 amide bonds. The summed E-state index contributed by atoms with van der Waals surface area (Å²) in [6, 6.07) is 14.4. The number of benzene rings is 1. The third-order valence-corrected chi connectivity index (χ3v) is 4.93. The molecule has 0 bridgehead atoms. The molecule has 1 N–H and O–H groups in total. The van der Waals surface area contributed by atoms with E-state index in [4.69, 9.17) is 0 Å². The van der Waals surface area contributed by atoms with E-state index in [1.54, 1.807) is 6.20 Å². The maximum atomic E-state index is 12.6. The van der Waals surface area contributed by atoms with E-state index >= 15 is 0 Å². The van der Waals surface area contributed by atoms with Crippen molar-refractivity contribution in [3.63, 3.8) is 0 Å². The molecule has 4 heteroatoms. The molecule has 0 saturated carbocycles. The van der Waals surface area contributed by atoms with Crippen LogP contribution >= 0.6 is 0 Å². The van der Waals surface area contributed by atoms with E-state index in [2.05, 4.69) is 40.3 Å². The van der Waals surface area contributed by atoms with Gasteiger partial charge in [0.2, 0.25) is 0 Å². The molecule has 3 aromatic rings. The van der Waals surface area contributed by atoms with Crippen LogP contribution in [0, 0.1) is 6.92 Å². The van der Waals surface area contributed by atoms with Gasteiger partial charge < -0.3 is 9.88 Å². The normalized spacial score (nSPS) is 15.8. The summed E-state index contributed by atoms with van der Waals surface area (Å²) in [5.41, 5.74) is 4.10. The van der Waals surface area contributed by atoms with Crippen molar-refractivity contribution in [3.8, 4) is 0 Å². The number of carbonyl (C=O) groups excluding carboxylic acids is 1. The summed E-state index contributed by atoms with van der Waals surface area (Å²) < 4.78 is 0. The van der Waals surface area contributed by atoms with Crippen LogP contribution in [0.3, 0.4) is 0 Å². The van der Waals surface area contributed by atoms with E-state index in [1.807, 2.05) is 24.0 Å². The zero-order valence-corrected chi connectivity index (χ0v) is 13.8. The van der Waals surface area contributed by atoms with E-state index in [9.17, 15) is 4.79 Å². The van der Waals surface area contributed by atoms with Gasteiger partial charge in [-0.15, -0.1) is 0 Å². The molecule has 4 rings (SSSR count). The lowest BCUT2D eigenvalue weighted by Gasteiger charge is -2.31. The number of aromatic nitrogens is 2. The fraction of sp³-hybridized carbons (Fsp3) is 0.300. The lowest BCUT2D eigenvalue weighted by Crippen LogP contribution is -2.38. The van der Waals surface area contributed by atoms with Crippen molar-refractivity contribution >= 4 is 16.8 Å². The molecule has 3 heterocycles. The van der Waals surface area contributed by atoms with Crippen LogP contribution in [-0.4, -0.2) is 33.9 Å². The first-order valence-corrected chi connectivity index (χ1v) is 8.50. The maximum absolute atomic E-state index is 12.6. The first kappa shape index (κ1) is 14.9. The van der Waals surface area contributed by atoms with E-state index in [0.29, 0.717) is 11.5 Å². The Hall–Kier alpha value is -2.62. The van der Waals surface area contributed by atoms with Gasteiger partial charge in [0.15, 0.2) is 0 Å².